The highest BCUT2D eigenvalue weighted by Gasteiger charge is 2.19. The molecule has 3 aromatic rings. The van der Waals surface area contributed by atoms with Gasteiger partial charge in [0.15, 0.2) is 0 Å². The number of carbonyl (C=O) groups excluding carboxylic acids is 1. The second-order valence-corrected chi connectivity index (χ2v) is 8.08. The van der Waals surface area contributed by atoms with Crippen molar-refractivity contribution in [3.8, 4) is 5.75 Å². The molecule has 0 fully saturated rings. The summed E-state index contributed by atoms with van der Waals surface area (Å²) >= 11 is 0. The van der Waals surface area contributed by atoms with E-state index in [1.807, 2.05) is 45.2 Å². The smallest absolute Gasteiger partial charge is 0.410 e. The molecule has 1 aromatic heterocycles. The molecule has 0 N–H and O–H groups in total. The fourth-order valence-corrected chi connectivity index (χ4v) is 3.19. The molecule has 2 aromatic carbocycles. The zero-order valence-electron chi connectivity index (χ0n) is 17.4. The lowest BCUT2D eigenvalue weighted by Gasteiger charge is -2.24. The van der Waals surface area contributed by atoms with Gasteiger partial charge in [-0.2, -0.15) is 0 Å². The molecule has 0 spiro atoms. The van der Waals surface area contributed by atoms with E-state index in [1.54, 1.807) is 7.05 Å². The van der Waals surface area contributed by atoms with Gasteiger partial charge in [0.1, 0.15) is 23.5 Å². The molecule has 0 aliphatic rings. The van der Waals surface area contributed by atoms with Crippen molar-refractivity contribution < 1.29 is 18.7 Å². The molecule has 28 heavy (non-hydrogen) atoms. The van der Waals surface area contributed by atoms with Gasteiger partial charge in [0.05, 0.1) is 12.8 Å². The van der Waals surface area contributed by atoms with Crippen LogP contribution in [0.15, 0.2) is 41.0 Å². The number of rotatable bonds is 6. The Morgan fingerprint density at radius 3 is 2.68 bits per heavy atom. The maximum Gasteiger partial charge on any atom is 0.410 e. The summed E-state index contributed by atoms with van der Waals surface area (Å²) in [5, 5.41) is 3.48. The second kappa shape index (κ2) is 8.13. The predicted molar refractivity (Wildman–Crippen MR) is 112 cm³/mol. The largest absolute Gasteiger partial charge is 0.492 e. The molecular weight excluding hydrogens is 354 g/mol. The number of amides is 1. The van der Waals surface area contributed by atoms with Crippen molar-refractivity contribution >= 4 is 27.8 Å². The molecule has 5 heteroatoms. The fraction of sp³-hybridized carbons (Fsp3) is 0.435. The zero-order valence-corrected chi connectivity index (χ0v) is 17.4. The molecule has 0 unspecified atom stereocenters. The predicted octanol–water partition coefficient (Wildman–Crippen LogP) is 5.78. The standard InChI is InChI=1S/C23H29NO4/c1-6-7-17-15-27-20-11-8-16-14-18(9-10-19(16)21(17)20)26-13-12-24(5)22(25)28-23(2,3)4/h8-11,14-15H,6-7,12-13H2,1-5H3. The van der Waals surface area contributed by atoms with E-state index in [9.17, 15) is 4.79 Å². The maximum atomic E-state index is 12.0. The summed E-state index contributed by atoms with van der Waals surface area (Å²) in [5.41, 5.74) is 1.67. The summed E-state index contributed by atoms with van der Waals surface area (Å²) in [4.78, 5) is 13.5. The molecule has 0 atom stereocenters. The summed E-state index contributed by atoms with van der Waals surface area (Å²) in [6, 6.07) is 10.1. The van der Waals surface area contributed by atoms with E-state index in [0.717, 1.165) is 29.6 Å². The average molecular weight is 383 g/mol. The van der Waals surface area contributed by atoms with Crippen molar-refractivity contribution in [2.45, 2.75) is 46.1 Å². The van der Waals surface area contributed by atoms with Gasteiger partial charge in [-0.1, -0.05) is 19.4 Å². The summed E-state index contributed by atoms with van der Waals surface area (Å²) in [5.74, 6) is 0.782. The van der Waals surface area contributed by atoms with E-state index < -0.39 is 5.60 Å². The van der Waals surface area contributed by atoms with Crippen molar-refractivity contribution in [1.29, 1.82) is 0 Å². The van der Waals surface area contributed by atoms with Crippen molar-refractivity contribution in [2.75, 3.05) is 20.2 Å². The maximum absolute atomic E-state index is 12.0. The highest BCUT2D eigenvalue weighted by Crippen LogP contribution is 2.32. The fourth-order valence-electron chi connectivity index (χ4n) is 3.19. The first kappa shape index (κ1) is 20.1. The highest BCUT2D eigenvalue weighted by molar-refractivity contribution is 6.07. The van der Waals surface area contributed by atoms with Crippen LogP contribution in [0.25, 0.3) is 21.7 Å². The Kier molecular flexibility index (Phi) is 5.82. The quantitative estimate of drug-likeness (QED) is 0.541. The first-order valence-corrected chi connectivity index (χ1v) is 9.78. The van der Waals surface area contributed by atoms with Crippen LogP contribution in [0.5, 0.6) is 5.75 Å². The van der Waals surface area contributed by atoms with Crippen molar-refractivity contribution in [2.24, 2.45) is 0 Å². The molecule has 0 aliphatic heterocycles. The zero-order chi connectivity index (χ0) is 20.3. The molecule has 0 saturated heterocycles. The minimum atomic E-state index is -0.500. The summed E-state index contributed by atoms with van der Waals surface area (Å²) < 4.78 is 16.9. The molecule has 1 amide bonds. The normalized spacial score (nSPS) is 11.8. The lowest BCUT2D eigenvalue weighted by molar-refractivity contribution is 0.0278. The van der Waals surface area contributed by atoms with Crippen molar-refractivity contribution in [1.82, 2.24) is 4.90 Å². The van der Waals surface area contributed by atoms with Gasteiger partial charge in [-0.25, -0.2) is 4.79 Å². The van der Waals surface area contributed by atoms with E-state index in [1.165, 1.54) is 21.2 Å². The minimum absolute atomic E-state index is 0.347. The van der Waals surface area contributed by atoms with Crippen LogP contribution in [-0.2, 0) is 11.2 Å². The SMILES string of the molecule is CCCc1coc2ccc3cc(OCCN(C)C(=O)OC(C)(C)C)ccc3c12. The Labute approximate surface area is 166 Å². The Bertz CT molecular complexity index is 968. The highest BCUT2D eigenvalue weighted by atomic mass is 16.6. The molecule has 5 nitrogen and oxygen atoms in total. The van der Waals surface area contributed by atoms with Crippen LogP contribution in [0.3, 0.4) is 0 Å². The number of nitrogens with zero attached hydrogens (tertiary/aromatic N) is 1. The molecule has 3 rings (SSSR count). The molecule has 0 bridgehead atoms. The third kappa shape index (κ3) is 4.58. The summed E-state index contributed by atoms with van der Waals surface area (Å²) in [7, 11) is 1.71. The summed E-state index contributed by atoms with van der Waals surface area (Å²) in [6.45, 7) is 8.59. The van der Waals surface area contributed by atoms with Gasteiger partial charge in [-0.05, 0) is 67.8 Å². The molecular formula is C23H29NO4. The van der Waals surface area contributed by atoms with Gasteiger partial charge < -0.3 is 18.8 Å². The number of benzene rings is 2. The average Bonchev–Trinajstić information content (AvgIpc) is 3.03. The molecule has 0 radical (unpaired) electrons. The Hall–Kier alpha value is -2.69. The van der Waals surface area contributed by atoms with Gasteiger partial charge >= 0.3 is 6.09 Å². The minimum Gasteiger partial charge on any atom is -0.492 e. The number of ether oxygens (including phenoxy) is 2. The first-order chi connectivity index (χ1) is 13.3. The third-order valence-electron chi connectivity index (χ3n) is 4.52. The van der Waals surface area contributed by atoms with Crippen LogP contribution in [0, 0.1) is 0 Å². The topological polar surface area (TPSA) is 51.9 Å². The van der Waals surface area contributed by atoms with Gasteiger partial charge in [0.2, 0.25) is 0 Å². The second-order valence-electron chi connectivity index (χ2n) is 8.08. The van der Waals surface area contributed by atoms with E-state index in [-0.39, 0.29) is 6.09 Å². The molecule has 1 heterocycles. The van der Waals surface area contributed by atoms with Crippen molar-refractivity contribution in [3.63, 3.8) is 0 Å². The number of hydrogen-bond acceptors (Lipinski definition) is 4. The summed E-state index contributed by atoms with van der Waals surface area (Å²) in [6.07, 6.45) is 3.60. The Morgan fingerprint density at radius 1 is 1.18 bits per heavy atom. The van der Waals surface area contributed by atoms with Crippen LogP contribution in [0.1, 0.15) is 39.7 Å². The number of furan rings is 1. The monoisotopic (exact) mass is 383 g/mol. The van der Waals surface area contributed by atoms with E-state index in [0.29, 0.717) is 13.2 Å². The van der Waals surface area contributed by atoms with E-state index in [2.05, 4.69) is 19.1 Å². The number of aryl methyl sites for hydroxylation is 1. The van der Waals surface area contributed by atoms with E-state index >= 15 is 0 Å². The number of carbonyl (C=O) groups is 1. The van der Waals surface area contributed by atoms with Crippen LogP contribution in [-0.4, -0.2) is 36.8 Å². The van der Waals surface area contributed by atoms with Crippen LogP contribution in [0.2, 0.25) is 0 Å². The lowest BCUT2D eigenvalue weighted by atomic mass is 10.0. The Balaban J connectivity index is 1.69. The third-order valence-corrected chi connectivity index (χ3v) is 4.52. The van der Waals surface area contributed by atoms with Crippen molar-refractivity contribution in [3.05, 3.63) is 42.2 Å². The Morgan fingerprint density at radius 2 is 1.96 bits per heavy atom. The van der Waals surface area contributed by atoms with Gasteiger partial charge in [0.25, 0.3) is 0 Å². The van der Waals surface area contributed by atoms with Crippen LogP contribution in [0.4, 0.5) is 4.79 Å². The van der Waals surface area contributed by atoms with E-state index in [4.69, 9.17) is 13.9 Å². The number of hydrogen-bond donors (Lipinski definition) is 0. The number of fused-ring (bicyclic) bond motifs is 3. The number of likely N-dealkylation sites (N-methyl/N-ethyl adjacent to an activating group) is 1. The molecule has 0 saturated carbocycles. The van der Waals surface area contributed by atoms with Crippen LogP contribution >= 0.6 is 0 Å². The van der Waals surface area contributed by atoms with Gasteiger partial charge in [-0.15, -0.1) is 0 Å². The first-order valence-electron chi connectivity index (χ1n) is 9.78. The molecule has 0 aliphatic carbocycles. The molecule has 150 valence electrons. The van der Waals surface area contributed by atoms with Crippen LogP contribution < -0.4 is 4.74 Å². The van der Waals surface area contributed by atoms with Gasteiger partial charge in [0, 0.05) is 12.4 Å². The van der Waals surface area contributed by atoms with Gasteiger partial charge in [-0.3, -0.25) is 0 Å². The lowest BCUT2D eigenvalue weighted by Crippen LogP contribution is -2.36.